The smallest absolute Gasteiger partial charge is 0.246 e. The third-order valence-corrected chi connectivity index (χ3v) is 8.05. The molecule has 1 saturated carbocycles. The molecule has 2 N–H and O–H groups in total. The van der Waals surface area contributed by atoms with E-state index in [1.807, 2.05) is 70.3 Å². The van der Waals surface area contributed by atoms with Crippen LogP contribution in [0.3, 0.4) is 0 Å². The minimum atomic E-state index is -0.0106. The van der Waals surface area contributed by atoms with Gasteiger partial charge in [-0.15, -0.1) is 0 Å². The number of para-hydroxylation sites is 1. The number of carbonyl (C=O) groups is 1. The first kappa shape index (κ1) is 28.4. The fraction of sp³-hybridized carbons (Fsp3) is 0.364. The van der Waals surface area contributed by atoms with Crippen LogP contribution in [0.4, 0.5) is 5.82 Å². The number of nitrogens with zero attached hydrogens (tertiary/aromatic N) is 4. The minimum absolute atomic E-state index is 0.0106. The standard InChI is InChI=1S/C33H40N6O2/c1-4-35-33-31(24(2)34)32(25-16-18-29(19-17-25)41-28-13-6-5-7-14-28)36-39(33)27-20-22-38(23-27)30(40)15-10-21-37(3)26-11-8-9-12-26/h4-7,10,13-19,26-27,34-35H,1,8-9,11-12,20-23H2,2-3H3. The second-order valence-electron chi connectivity index (χ2n) is 10.9. The third kappa shape index (κ3) is 6.60. The second-order valence-corrected chi connectivity index (χ2v) is 10.9. The molecule has 41 heavy (non-hydrogen) atoms. The van der Waals surface area contributed by atoms with Gasteiger partial charge in [-0.2, -0.15) is 5.10 Å². The Morgan fingerprint density at radius 3 is 2.51 bits per heavy atom. The Bertz CT molecular complexity index is 1390. The summed E-state index contributed by atoms with van der Waals surface area (Å²) in [7, 11) is 2.15. The Morgan fingerprint density at radius 2 is 1.83 bits per heavy atom. The number of likely N-dealkylation sites (tertiary alicyclic amines) is 1. The molecule has 0 radical (unpaired) electrons. The number of ether oxygens (including phenoxy) is 1. The van der Waals surface area contributed by atoms with Crippen molar-refractivity contribution in [1.82, 2.24) is 19.6 Å². The summed E-state index contributed by atoms with van der Waals surface area (Å²) in [6, 6.07) is 18.0. The van der Waals surface area contributed by atoms with Crippen LogP contribution >= 0.6 is 0 Å². The number of carbonyl (C=O) groups excluding carboxylic acids is 1. The summed E-state index contributed by atoms with van der Waals surface area (Å²) in [5.74, 6) is 2.26. The maximum absolute atomic E-state index is 13.0. The molecule has 0 bridgehead atoms. The van der Waals surface area contributed by atoms with Gasteiger partial charge in [-0.05, 0) is 75.8 Å². The van der Waals surface area contributed by atoms with E-state index in [-0.39, 0.29) is 11.9 Å². The first-order valence-corrected chi connectivity index (χ1v) is 14.5. The van der Waals surface area contributed by atoms with Gasteiger partial charge in [0.25, 0.3) is 0 Å². The van der Waals surface area contributed by atoms with Crippen molar-refractivity contribution < 1.29 is 9.53 Å². The van der Waals surface area contributed by atoms with Gasteiger partial charge in [0.05, 0.1) is 11.6 Å². The van der Waals surface area contributed by atoms with Crippen molar-refractivity contribution in [2.75, 3.05) is 32.0 Å². The molecule has 2 fully saturated rings. The van der Waals surface area contributed by atoms with Crippen molar-refractivity contribution in [3.63, 3.8) is 0 Å². The van der Waals surface area contributed by atoms with E-state index in [1.54, 1.807) is 19.2 Å². The van der Waals surface area contributed by atoms with Crippen LogP contribution in [0.15, 0.2) is 79.5 Å². The van der Waals surface area contributed by atoms with E-state index in [0.29, 0.717) is 30.5 Å². The van der Waals surface area contributed by atoms with Crippen LogP contribution < -0.4 is 10.1 Å². The zero-order valence-corrected chi connectivity index (χ0v) is 24.1. The average molecular weight is 553 g/mol. The lowest BCUT2D eigenvalue weighted by molar-refractivity contribution is -0.125. The number of anilines is 1. The van der Waals surface area contributed by atoms with Crippen molar-refractivity contribution in [2.45, 2.75) is 51.1 Å². The monoisotopic (exact) mass is 552 g/mol. The number of nitrogens with one attached hydrogen (secondary N) is 2. The number of rotatable bonds is 11. The molecule has 2 aliphatic rings. The average Bonchev–Trinajstić information content (AvgIpc) is 3.74. The van der Waals surface area contributed by atoms with Crippen molar-refractivity contribution in [3.05, 3.63) is 85.1 Å². The van der Waals surface area contributed by atoms with Crippen molar-refractivity contribution in [2.24, 2.45) is 0 Å². The third-order valence-electron chi connectivity index (χ3n) is 8.05. The van der Waals surface area contributed by atoms with Gasteiger partial charge in [-0.3, -0.25) is 9.69 Å². The van der Waals surface area contributed by atoms with Gasteiger partial charge < -0.3 is 20.4 Å². The van der Waals surface area contributed by atoms with Gasteiger partial charge in [-0.1, -0.05) is 43.7 Å². The van der Waals surface area contributed by atoms with Crippen LogP contribution in [0.1, 0.15) is 50.6 Å². The summed E-state index contributed by atoms with van der Waals surface area (Å²) in [6.07, 6.45) is 11.2. The summed E-state index contributed by atoms with van der Waals surface area (Å²) in [6.45, 7) is 7.65. The largest absolute Gasteiger partial charge is 0.457 e. The van der Waals surface area contributed by atoms with E-state index in [2.05, 4.69) is 23.8 Å². The van der Waals surface area contributed by atoms with Crippen LogP contribution in [-0.2, 0) is 4.79 Å². The predicted molar refractivity (Wildman–Crippen MR) is 165 cm³/mol. The molecule has 1 unspecified atom stereocenters. The molecule has 1 amide bonds. The highest BCUT2D eigenvalue weighted by Gasteiger charge is 2.31. The van der Waals surface area contributed by atoms with Crippen LogP contribution in [0.2, 0.25) is 0 Å². The van der Waals surface area contributed by atoms with E-state index in [1.165, 1.54) is 25.7 Å². The molecule has 2 aromatic carbocycles. The number of benzene rings is 2. The fourth-order valence-corrected chi connectivity index (χ4v) is 5.86. The lowest BCUT2D eigenvalue weighted by atomic mass is 10.0. The predicted octanol–water partition coefficient (Wildman–Crippen LogP) is 6.49. The van der Waals surface area contributed by atoms with E-state index in [4.69, 9.17) is 15.2 Å². The highest BCUT2D eigenvalue weighted by Crippen LogP contribution is 2.35. The second kappa shape index (κ2) is 13.0. The molecule has 3 aromatic rings. The molecule has 5 rings (SSSR count). The summed E-state index contributed by atoms with van der Waals surface area (Å²) < 4.78 is 7.89. The highest BCUT2D eigenvalue weighted by atomic mass is 16.5. The van der Waals surface area contributed by atoms with Gasteiger partial charge in [0.2, 0.25) is 5.91 Å². The molecule has 1 saturated heterocycles. The lowest BCUT2D eigenvalue weighted by Gasteiger charge is -2.22. The molecular weight excluding hydrogens is 512 g/mol. The summed E-state index contributed by atoms with van der Waals surface area (Å²) in [4.78, 5) is 17.3. The Balaban J connectivity index is 1.32. The van der Waals surface area contributed by atoms with Gasteiger partial charge in [-0.25, -0.2) is 4.68 Å². The van der Waals surface area contributed by atoms with E-state index >= 15 is 0 Å². The number of hydrogen-bond donors (Lipinski definition) is 2. The molecule has 1 atom stereocenters. The Hall–Kier alpha value is -4.17. The van der Waals surface area contributed by atoms with E-state index < -0.39 is 0 Å². The van der Waals surface area contributed by atoms with Crippen LogP contribution in [0.5, 0.6) is 11.5 Å². The highest BCUT2D eigenvalue weighted by molar-refractivity contribution is 6.06. The molecule has 8 nitrogen and oxygen atoms in total. The summed E-state index contributed by atoms with van der Waals surface area (Å²) >= 11 is 0. The molecule has 0 spiro atoms. The molecular formula is C33H40N6O2. The first-order chi connectivity index (χ1) is 19.9. The number of hydrogen-bond acceptors (Lipinski definition) is 6. The van der Waals surface area contributed by atoms with Crippen LogP contribution in [0.25, 0.3) is 11.3 Å². The van der Waals surface area contributed by atoms with Crippen molar-refractivity contribution in [3.8, 4) is 22.8 Å². The summed E-state index contributed by atoms with van der Waals surface area (Å²) in [5, 5.41) is 16.8. The van der Waals surface area contributed by atoms with E-state index in [9.17, 15) is 4.79 Å². The Morgan fingerprint density at radius 1 is 1.12 bits per heavy atom. The van der Waals surface area contributed by atoms with E-state index in [0.717, 1.165) is 41.4 Å². The quantitative estimate of drug-likeness (QED) is 0.210. The molecule has 1 aliphatic carbocycles. The molecule has 2 heterocycles. The lowest BCUT2D eigenvalue weighted by Crippen LogP contribution is -2.30. The number of aromatic nitrogens is 2. The van der Waals surface area contributed by atoms with Crippen molar-refractivity contribution in [1.29, 1.82) is 5.41 Å². The van der Waals surface area contributed by atoms with Gasteiger partial charge in [0, 0.05) is 43.0 Å². The van der Waals surface area contributed by atoms with Crippen molar-refractivity contribution >= 4 is 17.4 Å². The number of likely N-dealkylation sites (N-methyl/N-ethyl adjacent to an activating group) is 1. The van der Waals surface area contributed by atoms with Gasteiger partial charge in [0.1, 0.15) is 23.0 Å². The summed E-state index contributed by atoms with van der Waals surface area (Å²) in [5.41, 5.74) is 2.73. The first-order valence-electron chi connectivity index (χ1n) is 14.5. The SMILES string of the molecule is C=CNc1c(C(C)=N)c(-c2ccc(Oc3ccccc3)cc2)nn1C1CCN(C(=O)C=CCN(C)C2CCCC2)C1. The molecule has 1 aromatic heterocycles. The fourth-order valence-electron chi connectivity index (χ4n) is 5.86. The zero-order chi connectivity index (χ0) is 28.8. The van der Waals surface area contributed by atoms with Gasteiger partial charge >= 0.3 is 0 Å². The minimum Gasteiger partial charge on any atom is -0.457 e. The Kier molecular flexibility index (Phi) is 8.99. The molecule has 8 heteroatoms. The van der Waals surface area contributed by atoms with Gasteiger partial charge in [0.15, 0.2) is 0 Å². The Labute approximate surface area is 242 Å². The van der Waals surface area contributed by atoms with Crippen LogP contribution in [-0.4, -0.2) is 63.9 Å². The zero-order valence-electron chi connectivity index (χ0n) is 24.1. The normalized spacial score (nSPS) is 17.4. The topological polar surface area (TPSA) is 86.5 Å². The number of amides is 1. The van der Waals surface area contributed by atoms with Crippen LogP contribution in [0, 0.1) is 5.41 Å². The molecule has 1 aliphatic heterocycles. The maximum Gasteiger partial charge on any atom is 0.246 e. The molecule has 214 valence electrons. The maximum atomic E-state index is 13.0.